The van der Waals surface area contributed by atoms with E-state index in [4.69, 9.17) is 0 Å². The Kier molecular flexibility index (Phi) is 16.4. The van der Waals surface area contributed by atoms with Crippen molar-refractivity contribution in [2.45, 2.75) is 91.1 Å². The molecule has 3 nitrogen and oxygen atoms in total. The Morgan fingerprint density at radius 1 is 0.905 bits per heavy atom. The molecule has 21 heavy (non-hydrogen) atoms. The molecule has 3 unspecified atom stereocenters. The number of hydrogen-bond donors (Lipinski definition) is 2. The van der Waals surface area contributed by atoms with Gasteiger partial charge in [-0.2, -0.15) is 0 Å². The summed E-state index contributed by atoms with van der Waals surface area (Å²) in [6, 6.07) is 0. The van der Waals surface area contributed by atoms with Gasteiger partial charge in [-0.3, -0.25) is 4.57 Å². The first-order chi connectivity index (χ1) is 9.40. The van der Waals surface area contributed by atoms with Crippen LogP contribution in [0.1, 0.15) is 85.5 Å². The molecule has 0 aliphatic carbocycles. The molecule has 0 aromatic heterocycles. The largest absolute Gasteiger partial charge is 0.328 e. The van der Waals surface area contributed by atoms with Crippen LogP contribution in [0, 0.1) is 52.7 Å². The van der Waals surface area contributed by atoms with Crippen molar-refractivity contribution in [1.29, 1.82) is 0 Å². The van der Waals surface area contributed by atoms with Gasteiger partial charge in [-0.25, -0.2) is 0 Å². The van der Waals surface area contributed by atoms with Crippen LogP contribution in [0.2, 0.25) is 0 Å². The first kappa shape index (κ1) is 24.7. The van der Waals surface area contributed by atoms with Crippen molar-refractivity contribution in [3.8, 4) is 0 Å². The van der Waals surface area contributed by atoms with Gasteiger partial charge in [-0.1, -0.05) is 72.6 Å². The summed E-state index contributed by atoms with van der Waals surface area (Å²) in [4.78, 5) is 19.5. The van der Waals surface area contributed by atoms with Crippen molar-refractivity contribution >= 4 is 7.60 Å². The minimum atomic E-state index is -3.99. The van der Waals surface area contributed by atoms with Gasteiger partial charge in [0.25, 0.3) is 0 Å². The monoisotopic (exact) mass is 448 g/mol. The average molecular weight is 451 g/mol. The van der Waals surface area contributed by atoms with Crippen LogP contribution in [0.25, 0.3) is 0 Å². The molecule has 0 saturated heterocycles. The molecule has 0 aliphatic rings. The van der Waals surface area contributed by atoms with Crippen LogP contribution >= 0.6 is 7.60 Å². The van der Waals surface area contributed by atoms with Gasteiger partial charge in [-0.05, 0) is 24.7 Å². The molecule has 0 radical (unpaired) electrons. The normalized spacial score (nSPS) is 16.1. The molecular formula is C16H35NdO3P. The topological polar surface area (TPSA) is 57.5 Å². The summed E-state index contributed by atoms with van der Waals surface area (Å²) in [5, 5.41) is 0. The summed E-state index contributed by atoms with van der Waals surface area (Å²) < 4.78 is 11.9. The van der Waals surface area contributed by atoms with Crippen molar-refractivity contribution in [2.24, 2.45) is 11.8 Å². The molecule has 0 saturated carbocycles. The molecule has 0 aromatic carbocycles. The van der Waals surface area contributed by atoms with Crippen molar-refractivity contribution in [1.82, 2.24) is 0 Å². The van der Waals surface area contributed by atoms with Gasteiger partial charge in [0.05, 0.1) is 5.66 Å². The fourth-order valence-corrected chi connectivity index (χ4v) is 4.54. The van der Waals surface area contributed by atoms with Gasteiger partial charge in [0.1, 0.15) is 0 Å². The number of hydrogen-bond acceptors (Lipinski definition) is 1. The van der Waals surface area contributed by atoms with E-state index in [1.165, 1.54) is 0 Å². The van der Waals surface area contributed by atoms with E-state index >= 15 is 0 Å². The van der Waals surface area contributed by atoms with E-state index in [0.29, 0.717) is 12.3 Å². The summed E-state index contributed by atoms with van der Waals surface area (Å²) in [6.07, 6.45) is 9.14. The van der Waals surface area contributed by atoms with E-state index in [1.54, 1.807) is 0 Å². The summed E-state index contributed by atoms with van der Waals surface area (Å²) in [5.74, 6) is 0.634. The molecular weight excluding hydrogens is 415 g/mol. The van der Waals surface area contributed by atoms with Gasteiger partial charge in [0, 0.05) is 40.8 Å². The molecule has 2 N–H and O–H groups in total. The van der Waals surface area contributed by atoms with Gasteiger partial charge in [-0.15, -0.1) is 0 Å². The maximum atomic E-state index is 11.9. The smallest absolute Gasteiger partial charge is 0.324 e. The molecule has 126 valence electrons. The number of unbranched alkanes of at least 4 members (excludes halogenated alkanes) is 2. The first-order valence-electron chi connectivity index (χ1n) is 8.45. The Hall–Kier alpha value is 1.50. The molecule has 0 heterocycles. The van der Waals surface area contributed by atoms with E-state index in [-0.39, 0.29) is 46.8 Å². The fraction of sp³-hybridized carbons (Fsp3) is 1.00. The van der Waals surface area contributed by atoms with Crippen molar-refractivity contribution in [3.63, 3.8) is 0 Å². The van der Waals surface area contributed by atoms with Crippen LogP contribution in [0.4, 0.5) is 0 Å². The summed E-state index contributed by atoms with van der Waals surface area (Å²) in [5.41, 5.74) is -0.430. The predicted octanol–water partition coefficient (Wildman–Crippen LogP) is 5.36. The van der Waals surface area contributed by atoms with Crippen LogP contribution < -0.4 is 0 Å². The van der Waals surface area contributed by atoms with Crippen LogP contribution in [-0.4, -0.2) is 15.4 Å². The van der Waals surface area contributed by atoms with E-state index in [1.807, 2.05) is 0 Å². The average Bonchev–Trinajstić information content (AvgIpc) is 2.40. The second-order valence-corrected chi connectivity index (χ2v) is 7.96. The van der Waals surface area contributed by atoms with Gasteiger partial charge in [0.2, 0.25) is 0 Å². The van der Waals surface area contributed by atoms with Gasteiger partial charge >= 0.3 is 7.60 Å². The van der Waals surface area contributed by atoms with Gasteiger partial charge < -0.3 is 9.79 Å². The number of rotatable bonds is 12. The maximum Gasteiger partial charge on any atom is 0.328 e. The van der Waals surface area contributed by atoms with Crippen LogP contribution in [-0.2, 0) is 4.57 Å². The SMILES string of the molecule is CCCCC(CC)CC(C(CC)CCCC)P(=O)(O)O.[Nd]. The fourth-order valence-electron chi connectivity index (χ4n) is 3.06. The molecule has 0 amide bonds. The van der Waals surface area contributed by atoms with E-state index in [2.05, 4.69) is 27.7 Å². The van der Waals surface area contributed by atoms with E-state index in [0.717, 1.165) is 51.4 Å². The van der Waals surface area contributed by atoms with E-state index < -0.39 is 13.3 Å². The Balaban J connectivity index is 0. The Morgan fingerprint density at radius 3 is 1.81 bits per heavy atom. The molecule has 0 rings (SSSR count). The Labute approximate surface area is 164 Å². The molecule has 0 aliphatic heterocycles. The second-order valence-electron chi connectivity index (χ2n) is 6.12. The minimum absolute atomic E-state index is 0. The Morgan fingerprint density at radius 2 is 1.43 bits per heavy atom. The zero-order valence-electron chi connectivity index (χ0n) is 14.3. The molecule has 3 atom stereocenters. The molecule has 0 aromatic rings. The second kappa shape index (κ2) is 13.9. The third-order valence-electron chi connectivity index (χ3n) is 4.55. The van der Waals surface area contributed by atoms with Crippen molar-refractivity contribution in [2.75, 3.05) is 0 Å². The van der Waals surface area contributed by atoms with Crippen molar-refractivity contribution in [3.05, 3.63) is 0 Å². The molecule has 0 bridgehead atoms. The van der Waals surface area contributed by atoms with Crippen molar-refractivity contribution < 1.29 is 55.2 Å². The zero-order valence-corrected chi connectivity index (χ0v) is 18.4. The quantitative estimate of drug-likeness (QED) is 0.394. The standard InChI is InChI=1S/C16H35O3P.Nd/c1-5-9-11-14(7-3)13-16(20(17,18)19)15(8-4)12-10-6-2;/h14-16H,5-13H2,1-4H3,(H2,17,18,19);. The van der Waals surface area contributed by atoms with Crippen LogP contribution in [0.5, 0.6) is 0 Å². The molecule has 0 fully saturated rings. The van der Waals surface area contributed by atoms with E-state index in [9.17, 15) is 14.4 Å². The first-order valence-corrected chi connectivity index (χ1v) is 10.1. The maximum absolute atomic E-state index is 11.9. The Bertz CT molecular complexity index is 281. The minimum Gasteiger partial charge on any atom is -0.324 e. The summed E-state index contributed by atoms with van der Waals surface area (Å²) >= 11 is 0. The zero-order chi connectivity index (χ0) is 15.6. The summed E-state index contributed by atoms with van der Waals surface area (Å²) in [7, 11) is -3.99. The molecule has 5 heteroatoms. The van der Waals surface area contributed by atoms with Crippen LogP contribution in [0.15, 0.2) is 0 Å². The van der Waals surface area contributed by atoms with Crippen LogP contribution in [0.3, 0.4) is 0 Å². The summed E-state index contributed by atoms with van der Waals surface area (Å²) in [6.45, 7) is 8.51. The predicted molar refractivity (Wildman–Crippen MR) is 87.1 cm³/mol. The third kappa shape index (κ3) is 10.8. The third-order valence-corrected chi connectivity index (χ3v) is 6.04. The van der Waals surface area contributed by atoms with Gasteiger partial charge in [0.15, 0.2) is 0 Å². The molecule has 0 spiro atoms.